The quantitative estimate of drug-likeness (QED) is 0.477. The van der Waals surface area contributed by atoms with E-state index in [4.69, 9.17) is 9.73 Å². The van der Waals surface area contributed by atoms with Crippen molar-refractivity contribution in [1.29, 1.82) is 0 Å². The summed E-state index contributed by atoms with van der Waals surface area (Å²) in [6.45, 7) is 4.00. The van der Waals surface area contributed by atoms with Crippen LogP contribution in [0.5, 0.6) is 5.75 Å². The Balaban J connectivity index is 1.50. The van der Waals surface area contributed by atoms with Gasteiger partial charge in [-0.2, -0.15) is 0 Å². The van der Waals surface area contributed by atoms with E-state index in [9.17, 15) is 19.7 Å². The number of nitrogens with one attached hydrogen (secondary N) is 1. The van der Waals surface area contributed by atoms with Crippen molar-refractivity contribution < 1.29 is 19.2 Å². The largest absolute Gasteiger partial charge is 0.494 e. The summed E-state index contributed by atoms with van der Waals surface area (Å²) in [6, 6.07) is 10.1. The molecule has 1 saturated heterocycles. The van der Waals surface area contributed by atoms with Crippen LogP contribution in [0.4, 0.5) is 17.1 Å². The van der Waals surface area contributed by atoms with E-state index in [1.54, 1.807) is 4.90 Å². The van der Waals surface area contributed by atoms with Crippen LogP contribution < -0.4 is 10.1 Å². The van der Waals surface area contributed by atoms with Gasteiger partial charge in [0.15, 0.2) is 5.17 Å². The van der Waals surface area contributed by atoms with Crippen LogP contribution in [0, 0.1) is 24.0 Å². The van der Waals surface area contributed by atoms with Gasteiger partial charge in [-0.3, -0.25) is 24.6 Å². The second-order valence-electron chi connectivity index (χ2n) is 8.12. The van der Waals surface area contributed by atoms with Crippen LogP contribution in [0.1, 0.15) is 30.4 Å². The molecule has 10 heteroatoms. The lowest BCUT2D eigenvalue weighted by Crippen LogP contribution is -2.35. The van der Waals surface area contributed by atoms with Gasteiger partial charge >= 0.3 is 0 Å². The summed E-state index contributed by atoms with van der Waals surface area (Å²) in [7, 11) is 1.37. The summed E-state index contributed by atoms with van der Waals surface area (Å²) in [6.07, 6.45) is 1.81. The average molecular weight is 469 g/mol. The monoisotopic (exact) mass is 468 g/mol. The Labute approximate surface area is 195 Å². The molecule has 2 aromatic rings. The number of thioether (sulfide) groups is 1. The molecule has 2 fully saturated rings. The number of non-ortho nitro benzene ring substituents is 1. The Morgan fingerprint density at radius 2 is 2.03 bits per heavy atom. The zero-order valence-corrected chi connectivity index (χ0v) is 19.3. The Hall–Kier alpha value is -3.40. The van der Waals surface area contributed by atoms with E-state index in [0.29, 0.717) is 10.9 Å². The Morgan fingerprint density at radius 3 is 2.67 bits per heavy atom. The first-order chi connectivity index (χ1) is 15.8. The third kappa shape index (κ3) is 5.00. The molecule has 33 heavy (non-hydrogen) atoms. The first-order valence-electron chi connectivity index (χ1n) is 10.5. The van der Waals surface area contributed by atoms with Crippen LogP contribution >= 0.6 is 11.8 Å². The van der Waals surface area contributed by atoms with E-state index in [2.05, 4.69) is 5.32 Å². The second-order valence-corrected chi connectivity index (χ2v) is 9.29. The van der Waals surface area contributed by atoms with Crippen LogP contribution in [0.2, 0.25) is 0 Å². The molecule has 1 aliphatic carbocycles. The molecule has 1 saturated carbocycles. The predicted octanol–water partition coefficient (Wildman–Crippen LogP) is 4.34. The maximum absolute atomic E-state index is 13.1. The van der Waals surface area contributed by atoms with Crippen LogP contribution in [0.15, 0.2) is 41.4 Å². The maximum atomic E-state index is 13.1. The molecule has 1 unspecified atom stereocenters. The van der Waals surface area contributed by atoms with E-state index in [-0.39, 0.29) is 35.7 Å². The topological polar surface area (TPSA) is 114 Å². The standard InChI is InChI=1S/C23H24N4O5S/c1-13-4-8-17(14(2)10-13)25-23-26(15-5-6-15)22(29)20(33-23)12-21(28)24-18-9-7-16(27(30)31)11-19(18)32-3/h4,7-11,15,20H,5-6,12H2,1-3H3,(H,24,28). The van der Waals surface area contributed by atoms with Crippen LogP contribution in [0.3, 0.4) is 0 Å². The van der Waals surface area contributed by atoms with Crippen molar-refractivity contribution in [3.63, 3.8) is 0 Å². The van der Waals surface area contributed by atoms with Crippen molar-refractivity contribution in [3.05, 3.63) is 57.6 Å². The number of aryl methyl sites for hydroxylation is 2. The summed E-state index contributed by atoms with van der Waals surface area (Å²) in [5.74, 6) is -0.312. The minimum Gasteiger partial charge on any atom is -0.494 e. The molecule has 2 aromatic carbocycles. The molecule has 9 nitrogen and oxygen atoms in total. The number of carbonyl (C=O) groups is 2. The zero-order chi connectivity index (χ0) is 23.7. The number of methoxy groups -OCH3 is 1. The summed E-state index contributed by atoms with van der Waals surface area (Å²) in [5, 5.41) is 13.7. The van der Waals surface area contributed by atoms with Gasteiger partial charge in [0.2, 0.25) is 11.8 Å². The SMILES string of the molecule is COc1cc([N+](=O)[O-])ccc1NC(=O)CC1SC(=Nc2ccc(C)cc2C)N(C2CC2)C1=O. The number of amidine groups is 1. The highest BCUT2D eigenvalue weighted by Crippen LogP contribution is 2.40. The number of nitro groups is 1. The number of hydrogen-bond donors (Lipinski definition) is 1. The number of nitro benzene ring substituents is 1. The highest BCUT2D eigenvalue weighted by atomic mass is 32.2. The van der Waals surface area contributed by atoms with Crippen molar-refractivity contribution >= 4 is 45.8 Å². The highest BCUT2D eigenvalue weighted by Gasteiger charge is 2.46. The van der Waals surface area contributed by atoms with Crippen molar-refractivity contribution in [2.75, 3.05) is 12.4 Å². The molecule has 2 amide bonds. The van der Waals surface area contributed by atoms with Gasteiger partial charge in [-0.25, -0.2) is 4.99 Å². The van der Waals surface area contributed by atoms with Gasteiger partial charge in [-0.05, 0) is 44.4 Å². The first-order valence-corrected chi connectivity index (χ1v) is 11.4. The van der Waals surface area contributed by atoms with Crippen LogP contribution in [0.25, 0.3) is 0 Å². The molecule has 1 heterocycles. The fourth-order valence-electron chi connectivity index (χ4n) is 3.66. The first kappa shape index (κ1) is 22.8. The number of ether oxygens (including phenoxy) is 1. The average Bonchev–Trinajstić information content (AvgIpc) is 3.55. The molecular formula is C23H24N4O5S. The predicted molar refractivity (Wildman–Crippen MR) is 127 cm³/mol. The smallest absolute Gasteiger partial charge is 0.273 e. The van der Waals surface area contributed by atoms with Gasteiger partial charge in [0.1, 0.15) is 11.0 Å². The minimum atomic E-state index is -0.584. The van der Waals surface area contributed by atoms with Gasteiger partial charge in [-0.15, -0.1) is 0 Å². The minimum absolute atomic E-state index is 0.0429. The molecule has 0 bridgehead atoms. The van der Waals surface area contributed by atoms with Gasteiger partial charge in [-0.1, -0.05) is 29.5 Å². The lowest BCUT2D eigenvalue weighted by atomic mass is 10.1. The second kappa shape index (κ2) is 9.22. The summed E-state index contributed by atoms with van der Waals surface area (Å²) in [4.78, 5) is 42.7. The van der Waals surface area contributed by atoms with E-state index in [1.165, 1.54) is 37.1 Å². The lowest BCUT2D eigenvalue weighted by molar-refractivity contribution is -0.384. The fraction of sp³-hybridized carbons (Fsp3) is 0.348. The summed E-state index contributed by atoms with van der Waals surface area (Å²) in [5.41, 5.74) is 3.15. The van der Waals surface area contributed by atoms with Crippen LogP contribution in [-0.2, 0) is 9.59 Å². The van der Waals surface area contributed by atoms with Gasteiger partial charge < -0.3 is 10.1 Å². The number of nitrogens with zero attached hydrogens (tertiary/aromatic N) is 3. The van der Waals surface area contributed by atoms with E-state index >= 15 is 0 Å². The summed E-state index contributed by atoms with van der Waals surface area (Å²) < 4.78 is 5.17. The Kier molecular flexibility index (Phi) is 6.37. The number of rotatable bonds is 7. The third-order valence-electron chi connectivity index (χ3n) is 5.49. The zero-order valence-electron chi connectivity index (χ0n) is 18.5. The molecule has 1 atom stereocenters. The molecule has 2 aliphatic rings. The Bertz CT molecular complexity index is 1160. The molecule has 0 radical (unpaired) electrons. The Morgan fingerprint density at radius 1 is 1.27 bits per heavy atom. The number of aliphatic imine (C=N–C) groups is 1. The molecule has 0 aromatic heterocycles. The van der Waals surface area contributed by atoms with E-state index in [0.717, 1.165) is 29.7 Å². The lowest BCUT2D eigenvalue weighted by Gasteiger charge is -2.15. The maximum Gasteiger partial charge on any atom is 0.273 e. The van der Waals surface area contributed by atoms with Crippen molar-refractivity contribution in [2.24, 2.45) is 4.99 Å². The number of benzene rings is 2. The number of carbonyl (C=O) groups excluding carboxylic acids is 2. The molecule has 1 N–H and O–H groups in total. The molecule has 0 spiro atoms. The van der Waals surface area contributed by atoms with E-state index < -0.39 is 10.2 Å². The molecule has 1 aliphatic heterocycles. The number of amides is 2. The van der Waals surface area contributed by atoms with Gasteiger partial charge in [0, 0.05) is 18.5 Å². The van der Waals surface area contributed by atoms with Crippen molar-refractivity contribution in [1.82, 2.24) is 4.90 Å². The fourth-order valence-corrected chi connectivity index (χ4v) is 4.87. The molecule has 4 rings (SSSR count). The summed E-state index contributed by atoms with van der Waals surface area (Å²) >= 11 is 1.30. The van der Waals surface area contributed by atoms with Gasteiger partial charge in [0.05, 0.1) is 29.5 Å². The molecule has 172 valence electrons. The normalized spacial score (nSPS) is 19.1. The van der Waals surface area contributed by atoms with Gasteiger partial charge in [0.25, 0.3) is 5.69 Å². The highest BCUT2D eigenvalue weighted by molar-refractivity contribution is 8.15. The third-order valence-corrected chi connectivity index (χ3v) is 6.64. The van der Waals surface area contributed by atoms with Crippen molar-refractivity contribution in [2.45, 2.75) is 44.4 Å². The van der Waals surface area contributed by atoms with Crippen LogP contribution in [-0.4, -0.2) is 45.2 Å². The molecular weight excluding hydrogens is 444 g/mol. The van der Waals surface area contributed by atoms with Crippen molar-refractivity contribution in [3.8, 4) is 5.75 Å². The van der Waals surface area contributed by atoms with E-state index in [1.807, 2.05) is 32.0 Å². The number of hydrogen-bond acceptors (Lipinski definition) is 7. The number of anilines is 1.